The summed E-state index contributed by atoms with van der Waals surface area (Å²) in [5.74, 6) is -4.04. The number of carbonyl (C=O) groups excluding carboxylic acids is 2. The van der Waals surface area contributed by atoms with Crippen LogP contribution in [0.3, 0.4) is 0 Å². The standard InChI is InChI=1S/C38H38FN4O13PS2/c1-3-25(42-37(48)21-6-9-29(44)31(46)11-21)18-54-33-13-24-14-36(59(52,53)41-20-57(50,51)56-27-8-5-23(17-40)28(39)15-27)58-35(24)16-34(33)55-19-26(4-2)43-38(49)22-7-10-30(45)32(47)12-22/h5-16,25-26,41,44-47H,3-4,18-20H2,1-2H3,(H,42,48)(H,43,49)(H,50,51). The number of thiophene rings is 1. The van der Waals surface area contributed by atoms with Gasteiger partial charge in [0.1, 0.15) is 41.3 Å². The zero-order valence-corrected chi connectivity index (χ0v) is 33.7. The van der Waals surface area contributed by atoms with Gasteiger partial charge in [0.15, 0.2) is 34.5 Å². The third kappa shape index (κ3) is 11.3. The van der Waals surface area contributed by atoms with Crippen LogP contribution in [0.5, 0.6) is 40.2 Å². The Balaban J connectivity index is 1.36. The lowest BCUT2D eigenvalue weighted by Crippen LogP contribution is -2.39. The van der Waals surface area contributed by atoms with Gasteiger partial charge in [-0.3, -0.25) is 9.59 Å². The Kier molecular flexibility index (Phi) is 13.9. The molecule has 4 aromatic carbocycles. The van der Waals surface area contributed by atoms with Gasteiger partial charge in [0, 0.05) is 28.0 Å². The number of halogens is 1. The number of benzene rings is 4. The quantitative estimate of drug-likeness (QED) is 0.0404. The fraction of sp³-hybridized carbons (Fsp3) is 0.237. The molecule has 5 rings (SSSR count). The molecule has 312 valence electrons. The van der Waals surface area contributed by atoms with Crippen LogP contribution in [0.15, 0.2) is 77.0 Å². The van der Waals surface area contributed by atoms with E-state index in [1.165, 1.54) is 42.5 Å². The number of hydrogen-bond donors (Lipinski definition) is 8. The molecule has 1 heterocycles. The molecular formula is C38H38FN4O13PS2. The van der Waals surface area contributed by atoms with E-state index in [9.17, 15) is 52.3 Å². The van der Waals surface area contributed by atoms with Crippen molar-refractivity contribution in [2.24, 2.45) is 0 Å². The second-order valence-corrected chi connectivity index (χ2v) is 17.7. The number of hydrogen-bond acceptors (Lipinski definition) is 14. The zero-order valence-electron chi connectivity index (χ0n) is 31.2. The van der Waals surface area contributed by atoms with Crippen LogP contribution in [0.2, 0.25) is 0 Å². The first-order chi connectivity index (χ1) is 27.9. The van der Waals surface area contributed by atoms with Crippen molar-refractivity contribution in [1.29, 1.82) is 5.26 Å². The molecule has 17 nitrogen and oxygen atoms in total. The molecule has 5 aromatic rings. The molecule has 3 atom stereocenters. The van der Waals surface area contributed by atoms with Gasteiger partial charge in [-0.2, -0.15) is 9.98 Å². The number of aromatic hydroxyl groups is 4. The molecule has 0 saturated heterocycles. The van der Waals surface area contributed by atoms with Gasteiger partial charge in [-0.15, -0.1) is 11.3 Å². The number of amides is 2. The zero-order chi connectivity index (χ0) is 43.1. The molecule has 0 bridgehead atoms. The van der Waals surface area contributed by atoms with E-state index in [4.69, 9.17) is 19.3 Å². The average molecular weight is 873 g/mol. The summed E-state index contributed by atoms with van der Waals surface area (Å²) in [7, 11) is -9.17. The number of carbonyl (C=O) groups is 2. The van der Waals surface area contributed by atoms with Crippen molar-refractivity contribution in [2.75, 3.05) is 19.5 Å². The Morgan fingerprint density at radius 3 is 1.85 bits per heavy atom. The molecule has 3 unspecified atom stereocenters. The normalized spacial score (nSPS) is 13.4. The lowest BCUT2D eigenvalue weighted by molar-refractivity contribution is 0.0906. The van der Waals surface area contributed by atoms with E-state index >= 15 is 0 Å². The SMILES string of the molecule is CCC(COc1cc2cc(S(=O)(=O)NCP(=O)(O)Oc3ccc(C#N)c(F)c3)sc2cc1OCC(CC)NC(=O)c1ccc(O)c(O)c1)NC(=O)c1ccc(O)c(O)c1. The van der Waals surface area contributed by atoms with Crippen molar-refractivity contribution in [2.45, 2.75) is 43.0 Å². The van der Waals surface area contributed by atoms with Crippen molar-refractivity contribution < 1.29 is 66.3 Å². The second-order valence-electron chi connectivity index (χ2n) is 12.9. The molecule has 0 aliphatic heterocycles. The van der Waals surface area contributed by atoms with E-state index in [1.807, 2.05) is 4.72 Å². The predicted octanol–water partition coefficient (Wildman–Crippen LogP) is 5.41. The number of nitriles is 1. The topological polar surface area (TPSA) is 274 Å². The van der Waals surface area contributed by atoms with Crippen molar-refractivity contribution in [3.8, 4) is 46.3 Å². The first kappa shape index (κ1) is 44.0. The van der Waals surface area contributed by atoms with E-state index in [-0.39, 0.29) is 45.6 Å². The minimum atomic E-state index is -4.72. The van der Waals surface area contributed by atoms with E-state index < -0.39 is 82.4 Å². The highest BCUT2D eigenvalue weighted by molar-refractivity contribution is 7.92. The van der Waals surface area contributed by atoms with Gasteiger partial charge in [0.05, 0.1) is 17.6 Å². The highest BCUT2D eigenvalue weighted by atomic mass is 32.2. The van der Waals surface area contributed by atoms with Crippen LogP contribution in [0, 0.1) is 17.1 Å². The van der Waals surface area contributed by atoms with Crippen LogP contribution in [0.1, 0.15) is 53.0 Å². The molecule has 8 N–H and O–H groups in total. The van der Waals surface area contributed by atoms with Gasteiger partial charge in [0.2, 0.25) is 0 Å². The van der Waals surface area contributed by atoms with Gasteiger partial charge in [-0.05, 0) is 78.9 Å². The van der Waals surface area contributed by atoms with Gasteiger partial charge in [-0.25, -0.2) is 17.4 Å². The number of fused-ring (bicyclic) bond motifs is 1. The Morgan fingerprint density at radius 1 is 0.814 bits per heavy atom. The minimum absolute atomic E-state index is 0.0762. The number of ether oxygens (including phenoxy) is 2. The Bertz CT molecular complexity index is 2470. The number of sulfonamides is 1. The summed E-state index contributed by atoms with van der Waals surface area (Å²) in [6.45, 7) is 3.35. The number of phenols is 4. The highest BCUT2D eigenvalue weighted by Crippen LogP contribution is 2.43. The monoisotopic (exact) mass is 872 g/mol. The summed E-state index contributed by atoms with van der Waals surface area (Å²) in [5.41, 5.74) is -0.175. The molecule has 0 spiro atoms. The van der Waals surface area contributed by atoms with Crippen LogP contribution in [0.25, 0.3) is 10.1 Å². The van der Waals surface area contributed by atoms with E-state index in [1.54, 1.807) is 19.9 Å². The molecule has 1 aromatic heterocycles. The first-order valence-corrected chi connectivity index (χ1v) is 21.7. The maximum atomic E-state index is 14.0. The number of nitrogens with one attached hydrogen (secondary N) is 3. The molecule has 59 heavy (non-hydrogen) atoms. The lowest BCUT2D eigenvalue weighted by Gasteiger charge is -2.21. The van der Waals surface area contributed by atoms with Gasteiger partial charge < -0.3 is 50.0 Å². The van der Waals surface area contributed by atoms with Crippen molar-refractivity contribution in [1.82, 2.24) is 15.4 Å². The van der Waals surface area contributed by atoms with Crippen LogP contribution in [-0.2, 0) is 14.6 Å². The molecule has 0 fully saturated rings. The summed E-state index contributed by atoms with van der Waals surface area (Å²) in [5, 5.41) is 53.7. The summed E-state index contributed by atoms with van der Waals surface area (Å²) < 4.78 is 72.8. The minimum Gasteiger partial charge on any atom is -0.504 e. The number of rotatable bonds is 18. The third-order valence-corrected chi connectivity index (χ3v) is 12.8. The fourth-order valence-electron chi connectivity index (χ4n) is 5.23. The van der Waals surface area contributed by atoms with Gasteiger partial charge >= 0.3 is 7.60 Å². The summed E-state index contributed by atoms with van der Waals surface area (Å²) >= 11 is 0.788. The Hall–Kier alpha value is -6.10. The lowest BCUT2D eigenvalue weighted by atomic mass is 10.1. The van der Waals surface area contributed by atoms with Crippen molar-refractivity contribution in [3.63, 3.8) is 0 Å². The third-order valence-electron chi connectivity index (χ3n) is 8.60. The second kappa shape index (κ2) is 18.7. The molecule has 0 radical (unpaired) electrons. The largest absolute Gasteiger partial charge is 0.504 e. The van der Waals surface area contributed by atoms with E-state index in [2.05, 4.69) is 10.6 Å². The Labute approximate surface area is 340 Å². The van der Waals surface area contributed by atoms with E-state index in [0.717, 1.165) is 41.7 Å². The summed E-state index contributed by atoms with van der Waals surface area (Å²) in [6, 6.07) is 14.7. The molecule has 2 amide bonds. The molecular weight excluding hydrogens is 835 g/mol. The van der Waals surface area contributed by atoms with Crippen molar-refractivity contribution >= 4 is 50.9 Å². The summed E-state index contributed by atoms with van der Waals surface area (Å²) in [4.78, 5) is 36.2. The highest BCUT2D eigenvalue weighted by Gasteiger charge is 2.28. The van der Waals surface area contributed by atoms with Crippen LogP contribution in [0.4, 0.5) is 4.39 Å². The number of nitrogens with zero attached hydrogens (tertiary/aromatic N) is 1. The van der Waals surface area contributed by atoms with Gasteiger partial charge in [-0.1, -0.05) is 13.8 Å². The smallest absolute Gasteiger partial charge is 0.391 e. The van der Waals surface area contributed by atoms with Crippen molar-refractivity contribution in [3.05, 3.63) is 95.3 Å². The Morgan fingerprint density at radius 2 is 1.36 bits per heavy atom. The summed E-state index contributed by atoms with van der Waals surface area (Å²) in [6.07, 6.45) is -0.317. The predicted molar refractivity (Wildman–Crippen MR) is 212 cm³/mol. The average Bonchev–Trinajstić information content (AvgIpc) is 3.63. The maximum absolute atomic E-state index is 14.0. The van der Waals surface area contributed by atoms with Crippen LogP contribution in [-0.4, -0.2) is 77.1 Å². The molecule has 0 aliphatic rings. The van der Waals surface area contributed by atoms with Crippen LogP contribution >= 0.6 is 18.9 Å². The van der Waals surface area contributed by atoms with E-state index in [0.29, 0.717) is 22.9 Å². The maximum Gasteiger partial charge on any atom is 0.391 e. The number of phenolic OH excluding ortho intramolecular Hbond substituents is 4. The fourth-order valence-corrected chi connectivity index (χ4v) is 9.18. The molecule has 21 heteroatoms. The van der Waals surface area contributed by atoms with Crippen LogP contribution < -0.4 is 29.4 Å². The van der Waals surface area contributed by atoms with Gasteiger partial charge in [0.25, 0.3) is 21.8 Å². The molecule has 0 saturated carbocycles. The molecule has 0 aliphatic carbocycles. The first-order valence-electron chi connectivity index (χ1n) is 17.6.